The Morgan fingerprint density at radius 1 is 1.11 bits per heavy atom. The van der Waals surface area contributed by atoms with Crippen LogP contribution in [-0.4, -0.2) is 43.4 Å². The van der Waals surface area contributed by atoms with Crippen molar-refractivity contribution in [3.05, 3.63) is 65.7 Å². The summed E-state index contributed by atoms with van der Waals surface area (Å²) in [4.78, 5) is 26.9. The zero-order chi connectivity index (χ0) is 20.0. The number of nitrogens with zero attached hydrogens (tertiary/aromatic N) is 1. The molecule has 0 aliphatic carbocycles. The molecule has 2 rings (SSSR count). The molecule has 1 unspecified atom stereocenters. The van der Waals surface area contributed by atoms with Crippen LogP contribution in [0.5, 0.6) is 0 Å². The summed E-state index contributed by atoms with van der Waals surface area (Å²) >= 11 is 0. The van der Waals surface area contributed by atoms with Gasteiger partial charge in [-0.2, -0.15) is 0 Å². The molecule has 0 spiro atoms. The summed E-state index contributed by atoms with van der Waals surface area (Å²) in [6, 6.07) is 11.2. The number of hydrogen-bond donors (Lipinski definition) is 2. The maximum atomic E-state index is 13.3. The zero-order valence-electron chi connectivity index (χ0n) is 15.6. The molecule has 0 saturated carbocycles. The van der Waals surface area contributed by atoms with Gasteiger partial charge in [-0.15, -0.1) is 0 Å². The van der Waals surface area contributed by atoms with Crippen molar-refractivity contribution >= 4 is 17.5 Å². The van der Waals surface area contributed by atoms with Gasteiger partial charge >= 0.3 is 0 Å². The minimum atomic E-state index is -0.471. The van der Waals surface area contributed by atoms with Crippen molar-refractivity contribution in [3.8, 4) is 0 Å². The predicted molar refractivity (Wildman–Crippen MR) is 99.1 cm³/mol. The number of benzene rings is 2. The van der Waals surface area contributed by atoms with Crippen LogP contribution in [0.3, 0.4) is 0 Å². The average molecular weight is 376 g/mol. The van der Waals surface area contributed by atoms with Crippen molar-refractivity contribution in [2.75, 3.05) is 26.0 Å². The average Bonchev–Trinajstić information content (AvgIpc) is 2.60. The third-order valence-corrected chi connectivity index (χ3v) is 4.34. The van der Waals surface area contributed by atoms with Gasteiger partial charge in [-0.3, -0.25) is 9.59 Å². The van der Waals surface area contributed by atoms with Gasteiger partial charge in [-0.05, 0) is 42.8 Å². The van der Waals surface area contributed by atoms with Crippen LogP contribution in [0.25, 0.3) is 0 Å². The molecular formula is C20H24F2N3O2+. The smallest absolute Gasteiger partial charge is 0.280 e. The van der Waals surface area contributed by atoms with Crippen LogP contribution in [0, 0.1) is 11.6 Å². The molecule has 2 amide bonds. The van der Waals surface area contributed by atoms with Gasteiger partial charge < -0.3 is 15.1 Å². The largest absolute Gasteiger partial charge is 0.336 e. The lowest BCUT2D eigenvalue weighted by Crippen LogP contribution is -3.15. The molecule has 0 saturated heterocycles. The molecule has 2 aromatic carbocycles. The SMILES string of the molecule is C[C@H](C(=O)N(C)Cc1cccc(F)c1)[NH+](C)CC(=O)Nc1cccc(F)c1. The summed E-state index contributed by atoms with van der Waals surface area (Å²) in [5.74, 6) is -1.25. The fourth-order valence-electron chi connectivity index (χ4n) is 2.71. The van der Waals surface area contributed by atoms with E-state index in [0.717, 1.165) is 0 Å². The van der Waals surface area contributed by atoms with Crippen LogP contribution in [0.15, 0.2) is 48.5 Å². The molecule has 144 valence electrons. The number of carbonyl (C=O) groups excluding carboxylic acids is 2. The van der Waals surface area contributed by atoms with Gasteiger partial charge in [0.2, 0.25) is 0 Å². The van der Waals surface area contributed by atoms with Gasteiger partial charge in [0.1, 0.15) is 11.6 Å². The Morgan fingerprint density at radius 3 is 2.37 bits per heavy atom. The van der Waals surface area contributed by atoms with Gasteiger partial charge in [-0.25, -0.2) is 8.78 Å². The van der Waals surface area contributed by atoms with E-state index >= 15 is 0 Å². The van der Waals surface area contributed by atoms with Crippen LogP contribution < -0.4 is 10.2 Å². The third kappa shape index (κ3) is 6.14. The second kappa shape index (κ2) is 9.23. The zero-order valence-corrected chi connectivity index (χ0v) is 15.6. The minimum absolute atomic E-state index is 0.0528. The fourth-order valence-corrected chi connectivity index (χ4v) is 2.71. The van der Waals surface area contributed by atoms with Crippen LogP contribution in [-0.2, 0) is 16.1 Å². The number of halogens is 2. The number of rotatable bonds is 7. The Labute approximate surface area is 157 Å². The van der Waals surface area contributed by atoms with E-state index in [0.29, 0.717) is 16.2 Å². The van der Waals surface area contributed by atoms with Crippen molar-refractivity contribution in [1.29, 1.82) is 0 Å². The maximum absolute atomic E-state index is 13.3. The molecule has 2 N–H and O–H groups in total. The number of hydrogen-bond acceptors (Lipinski definition) is 2. The Morgan fingerprint density at radius 2 is 1.74 bits per heavy atom. The third-order valence-electron chi connectivity index (χ3n) is 4.34. The van der Waals surface area contributed by atoms with Crippen LogP contribution in [0.4, 0.5) is 14.5 Å². The molecule has 2 atom stereocenters. The second-order valence-corrected chi connectivity index (χ2v) is 6.63. The van der Waals surface area contributed by atoms with E-state index in [4.69, 9.17) is 0 Å². The molecule has 0 radical (unpaired) electrons. The highest BCUT2D eigenvalue weighted by atomic mass is 19.1. The Kier molecular flexibility index (Phi) is 7.01. The summed E-state index contributed by atoms with van der Waals surface area (Å²) in [5, 5.41) is 2.62. The number of quaternary nitrogens is 1. The first kappa shape index (κ1) is 20.5. The standard InChI is InChI=1S/C20H23F2N3O2/c1-14(20(27)25(3)12-15-6-4-7-16(21)10-15)24(2)13-19(26)23-18-9-5-8-17(22)11-18/h4-11,14H,12-13H2,1-3H3,(H,23,26)/p+1/t14-/m1/s1. The normalized spacial score (nSPS) is 12.9. The number of carbonyl (C=O) groups is 2. The summed E-state index contributed by atoms with van der Waals surface area (Å²) < 4.78 is 26.5. The molecule has 0 fully saturated rings. The molecule has 0 bridgehead atoms. The molecule has 7 heteroatoms. The van der Waals surface area contributed by atoms with Gasteiger partial charge in [0.15, 0.2) is 12.6 Å². The molecule has 0 aliphatic heterocycles. The van der Waals surface area contributed by atoms with E-state index in [-0.39, 0.29) is 30.7 Å². The van der Waals surface area contributed by atoms with Gasteiger partial charge in [-0.1, -0.05) is 18.2 Å². The van der Waals surface area contributed by atoms with E-state index in [1.54, 1.807) is 39.2 Å². The first-order chi connectivity index (χ1) is 12.8. The summed E-state index contributed by atoms with van der Waals surface area (Å²) in [6.45, 7) is 2.07. The minimum Gasteiger partial charge on any atom is -0.336 e. The number of anilines is 1. The van der Waals surface area contributed by atoms with Crippen molar-refractivity contribution in [2.24, 2.45) is 0 Å². The van der Waals surface area contributed by atoms with Crippen molar-refractivity contribution in [3.63, 3.8) is 0 Å². The van der Waals surface area contributed by atoms with E-state index in [1.807, 2.05) is 0 Å². The Hall–Kier alpha value is -2.80. The highest BCUT2D eigenvalue weighted by Crippen LogP contribution is 2.09. The number of amides is 2. The fraction of sp³-hybridized carbons (Fsp3) is 0.300. The quantitative estimate of drug-likeness (QED) is 0.769. The highest BCUT2D eigenvalue weighted by Gasteiger charge is 2.26. The van der Waals surface area contributed by atoms with Crippen LogP contribution in [0.1, 0.15) is 12.5 Å². The van der Waals surface area contributed by atoms with Gasteiger partial charge in [0.05, 0.1) is 7.05 Å². The molecular weight excluding hydrogens is 352 g/mol. The first-order valence-electron chi connectivity index (χ1n) is 8.63. The maximum Gasteiger partial charge on any atom is 0.280 e. The molecule has 27 heavy (non-hydrogen) atoms. The van der Waals surface area contributed by atoms with E-state index in [9.17, 15) is 18.4 Å². The molecule has 2 aromatic rings. The second-order valence-electron chi connectivity index (χ2n) is 6.63. The lowest BCUT2D eigenvalue weighted by atomic mass is 10.2. The first-order valence-corrected chi connectivity index (χ1v) is 8.63. The Balaban J connectivity index is 1.89. The van der Waals surface area contributed by atoms with Gasteiger partial charge in [0, 0.05) is 19.3 Å². The van der Waals surface area contributed by atoms with Crippen LogP contribution >= 0.6 is 0 Å². The predicted octanol–water partition coefficient (Wildman–Crippen LogP) is 1.47. The summed E-state index contributed by atoms with van der Waals surface area (Å²) in [5.41, 5.74) is 1.06. The van der Waals surface area contributed by atoms with Crippen LogP contribution in [0.2, 0.25) is 0 Å². The lowest BCUT2D eigenvalue weighted by Gasteiger charge is -2.25. The summed E-state index contributed by atoms with van der Waals surface area (Å²) in [7, 11) is 3.38. The molecule has 0 aliphatic rings. The van der Waals surface area contributed by atoms with Gasteiger partial charge in [0.25, 0.3) is 11.8 Å². The monoisotopic (exact) mass is 376 g/mol. The van der Waals surface area contributed by atoms with Crippen molar-refractivity contribution in [2.45, 2.75) is 19.5 Å². The lowest BCUT2D eigenvalue weighted by molar-refractivity contribution is -0.886. The topological polar surface area (TPSA) is 53.9 Å². The molecule has 5 nitrogen and oxygen atoms in total. The number of nitrogens with one attached hydrogen (secondary N) is 2. The van der Waals surface area contributed by atoms with E-state index < -0.39 is 11.9 Å². The number of likely N-dealkylation sites (N-methyl/N-ethyl adjacent to an activating group) is 2. The van der Waals surface area contributed by atoms with E-state index in [2.05, 4.69) is 5.32 Å². The molecule has 0 heterocycles. The Bertz CT molecular complexity index is 813. The van der Waals surface area contributed by atoms with E-state index in [1.165, 1.54) is 35.2 Å². The summed E-state index contributed by atoms with van der Waals surface area (Å²) in [6.07, 6.45) is 0. The molecule has 0 aromatic heterocycles. The van der Waals surface area contributed by atoms with Crippen molar-refractivity contribution < 1.29 is 23.3 Å². The highest BCUT2D eigenvalue weighted by molar-refractivity contribution is 5.91. The van der Waals surface area contributed by atoms with Crippen molar-refractivity contribution in [1.82, 2.24) is 4.90 Å².